The van der Waals surface area contributed by atoms with Crippen LogP contribution >= 0.6 is 0 Å². The van der Waals surface area contributed by atoms with E-state index >= 15 is 0 Å². The third-order valence-corrected chi connectivity index (χ3v) is 3.65. The zero-order valence-corrected chi connectivity index (χ0v) is 15.1. The Bertz CT molecular complexity index is 923. The van der Waals surface area contributed by atoms with Crippen molar-refractivity contribution in [3.8, 4) is 22.6 Å². The molecule has 2 aromatic heterocycles. The molecule has 0 fully saturated rings. The average Bonchev–Trinajstić information content (AvgIpc) is 3.04. The maximum atomic E-state index is 10.6. The molecular weight excluding hydrogens is 375 g/mol. The summed E-state index contributed by atoms with van der Waals surface area (Å²) in [5.74, 6) is -1.22. The maximum Gasteiger partial charge on any atom is 0.490 e. The monoisotopic (exact) mass is 393 g/mol. The molecule has 10 heteroatoms. The number of hydrogen-bond acceptors (Lipinski definition) is 5. The number of alkyl halides is 3. The molecule has 1 atom stereocenters. The number of benzene rings is 1. The molecular formula is C18H18F3N5O2. The number of aliphatic carboxylic acids is 1. The molecule has 0 saturated heterocycles. The quantitative estimate of drug-likeness (QED) is 0.708. The molecule has 3 N–H and O–H groups in total. The Balaban J connectivity index is 0.000000345. The predicted molar refractivity (Wildman–Crippen MR) is 96.0 cm³/mol. The van der Waals surface area contributed by atoms with Gasteiger partial charge in [0.2, 0.25) is 0 Å². The van der Waals surface area contributed by atoms with Gasteiger partial charge in [-0.1, -0.05) is 30.3 Å². The Labute approximate surface area is 158 Å². The van der Waals surface area contributed by atoms with Gasteiger partial charge in [-0.3, -0.25) is 4.98 Å². The van der Waals surface area contributed by atoms with Crippen LogP contribution in [0, 0.1) is 0 Å². The average molecular weight is 393 g/mol. The molecule has 0 spiro atoms. The van der Waals surface area contributed by atoms with Crippen molar-refractivity contribution in [3.63, 3.8) is 0 Å². The predicted octanol–water partition coefficient (Wildman–Crippen LogP) is 3.20. The zero-order chi connectivity index (χ0) is 20.9. The third-order valence-electron chi connectivity index (χ3n) is 3.65. The number of aromatic nitrogens is 4. The van der Waals surface area contributed by atoms with Crippen molar-refractivity contribution >= 4 is 5.97 Å². The summed E-state index contributed by atoms with van der Waals surface area (Å²) in [7, 11) is 1.92. The van der Waals surface area contributed by atoms with Crippen LogP contribution in [-0.4, -0.2) is 37.0 Å². The molecule has 0 aliphatic carbocycles. The summed E-state index contributed by atoms with van der Waals surface area (Å²) in [4.78, 5) is 13.4. The van der Waals surface area contributed by atoms with Gasteiger partial charge < -0.3 is 15.4 Å². The van der Waals surface area contributed by atoms with Gasteiger partial charge in [0, 0.05) is 24.4 Å². The molecule has 0 bridgehead atoms. The van der Waals surface area contributed by atoms with E-state index in [0.29, 0.717) is 0 Å². The number of halogens is 3. The number of nitrogens with zero attached hydrogens (tertiary/aromatic N) is 4. The molecule has 148 valence electrons. The van der Waals surface area contributed by atoms with Crippen LogP contribution in [0.5, 0.6) is 0 Å². The molecule has 3 aromatic rings. The van der Waals surface area contributed by atoms with Gasteiger partial charge in [0.15, 0.2) is 5.82 Å². The minimum Gasteiger partial charge on any atom is -0.475 e. The minimum atomic E-state index is -5.08. The van der Waals surface area contributed by atoms with Crippen LogP contribution in [0.1, 0.15) is 18.8 Å². The van der Waals surface area contributed by atoms with Gasteiger partial charge >= 0.3 is 12.1 Å². The van der Waals surface area contributed by atoms with E-state index in [-0.39, 0.29) is 6.04 Å². The van der Waals surface area contributed by atoms with Crippen molar-refractivity contribution in [2.45, 2.75) is 19.1 Å². The third kappa shape index (κ3) is 5.13. The van der Waals surface area contributed by atoms with Crippen LogP contribution in [0.4, 0.5) is 13.2 Å². The number of nitrogens with two attached hydrogens (primary N) is 1. The molecule has 0 saturated carbocycles. The highest BCUT2D eigenvalue weighted by atomic mass is 19.4. The maximum absolute atomic E-state index is 10.6. The number of pyridine rings is 1. The Kier molecular flexibility index (Phi) is 6.47. The second-order valence-corrected chi connectivity index (χ2v) is 5.83. The van der Waals surface area contributed by atoms with E-state index in [1.165, 1.54) is 0 Å². The van der Waals surface area contributed by atoms with Crippen LogP contribution in [0.15, 0.2) is 48.7 Å². The number of hydrogen-bond donors (Lipinski definition) is 2. The lowest BCUT2D eigenvalue weighted by atomic mass is 10.1. The normalized spacial score (nSPS) is 12.1. The van der Waals surface area contributed by atoms with E-state index in [0.717, 1.165) is 28.5 Å². The molecule has 3 rings (SSSR count). The number of rotatable bonds is 3. The van der Waals surface area contributed by atoms with Crippen molar-refractivity contribution < 1.29 is 23.1 Å². The molecule has 28 heavy (non-hydrogen) atoms. The Morgan fingerprint density at radius 1 is 1.11 bits per heavy atom. The zero-order valence-electron chi connectivity index (χ0n) is 15.1. The first-order valence-corrected chi connectivity index (χ1v) is 8.08. The first-order chi connectivity index (χ1) is 13.1. The van der Waals surface area contributed by atoms with Crippen LogP contribution in [0.3, 0.4) is 0 Å². The van der Waals surface area contributed by atoms with Crippen LogP contribution in [0.25, 0.3) is 22.6 Å². The van der Waals surface area contributed by atoms with Gasteiger partial charge in [-0.25, -0.2) is 4.79 Å². The molecule has 0 aliphatic heterocycles. The van der Waals surface area contributed by atoms with Crippen LogP contribution in [0.2, 0.25) is 0 Å². The molecule has 2 heterocycles. The lowest BCUT2D eigenvalue weighted by molar-refractivity contribution is -0.192. The summed E-state index contributed by atoms with van der Waals surface area (Å²) in [5, 5.41) is 15.5. The molecule has 1 aromatic carbocycles. The molecule has 0 unspecified atom stereocenters. The van der Waals surface area contributed by atoms with E-state index in [1.807, 2.05) is 67.2 Å². The summed E-state index contributed by atoms with van der Waals surface area (Å²) in [6, 6.07) is 13.9. The molecule has 0 radical (unpaired) electrons. The Morgan fingerprint density at radius 2 is 1.71 bits per heavy atom. The Hall–Kier alpha value is -3.27. The number of carboxylic acid groups (broad SMARTS) is 1. The second kappa shape index (κ2) is 8.61. The van der Waals surface area contributed by atoms with Crippen LogP contribution in [-0.2, 0) is 11.8 Å². The van der Waals surface area contributed by atoms with Crippen molar-refractivity contribution in [2.24, 2.45) is 12.8 Å². The summed E-state index contributed by atoms with van der Waals surface area (Å²) in [5.41, 5.74) is 8.83. The minimum absolute atomic E-state index is 0.146. The van der Waals surface area contributed by atoms with E-state index in [4.69, 9.17) is 15.6 Å². The topological polar surface area (TPSA) is 107 Å². The lowest BCUT2D eigenvalue weighted by Gasteiger charge is -2.06. The van der Waals surface area contributed by atoms with Gasteiger partial charge in [-0.15, -0.1) is 10.2 Å². The number of carbonyl (C=O) groups is 1. The summed E-state index contributed by atoms with van der Waals surface area (Å²) < 4.78 is 33.6. The lowest BCUT2D eigenvalue weighted by Crippen LogP contribution is -2.21. The highest BCUT2D eigenvalue weighted by molar-refractivity contribution is 5.73. The van der Waals surface area contributed by atoms with Crippen molar-refractivity contribution in [3.05, 3.63) is 54.5 Å². The van der Waals surface area contributed by atoms with Crippen LogP contribution < -0.4 is 5.73 Å². The SMILES string of the molecule is C[C@@H](N)c1nnc(-c2ccc(-c3ccccc3)nc2)n1C.O=C(O)C(F)(F)F. The van der Waals surface area contributed by atoms with Gasteiger partial charge in [-0.05, 0) is 19.1 Å². The number of carboxylic acids is 1. The van der Waals surface area contributed by atoms with E-state index in [1.54, 1.807) is 0 Å². The van der Waals surface area contributed by atoms with Crippen molar-refractivity contribution in [1.29, 1.82) is 0 Å². The van der Waals surface area contributed by atoms with E-state index in [9.17, 15) is 13.2 Å². The van der Waals surface area contributed by atoms with Crippen molar-refractivity contribution in [2.75, 3.05) is 0 Å². The smallest absolute Gasteiger partial charge is 0.475 e. The van der Waals surface area contributed by atoms with Gasteiger partial charge in [0.25, 0.3) is 0 Å². The first kappa shape index (κ1) is 21.0. The van der Waals surface area contributed by atoms with Crippen molar-refractivity contribution in [1.82, 2.24) is 19.7 Å². The fourth-order valence-electron chi connectivity index (χ4n) is 2.29. The highest BCUT2D eigenvalue weighted by Gasteiger charge is 2.38. The summed E-state index contributed by atoms with van der Waals surface area (Å²) in [6.07, 6.45) is -3.27. The summed E-state index contributed by atoms with van der Waals surface area (Å²) >= 11 is 0. The largest absolute Gasteiger partial charge is 0.490 e. The van der Waals surface area contributed by atoms with E-state index in [2.05, 4.69) is 15.2 Å². The fourth-order valence-corrected chi connectivity index (χ4v) is 2.29. The standard InChI is InChI=1S/C16H17N5.C2HF3O2/c1-11(17)15-19-20-16(21(15)2)13-8-9-14(18-10-13)12-6-4-3-5-7-12;3-2(4,5)1(6)7/h3-11H,17H2,1-2H3;(H,6,7)/t11-;/m1./s1. The van der Waals surface area contributed by atoms with Gasteiger partial charge in [0.05, 0.1) is 11.7 Å². The molecule has 0 aliphatic rings. The first-order valence-electron chi connectivity index (χ1n) is 8.08. The van der Waals surface area contributed by atoms with Gasteiger partial charge in [0.1, 0.15) is 5.82 Å². The van der Waals surface area contributed by atoms with E-state index < -0.39 is 12.1 Å². The fraction of sp³-hybridized carbons (Fsp3) is 0.222. The Morgan fingerprint density at radius 3 is 2.14 bits per heavy atom. The second-order valence-electron chi connectivity index (χ2n) is 5.83. The summed E-state index contributed by atoms with van der Waals surface area (Å²) in [6.45, 7) is 1.89. The molecule has 7 nitrogen and oxygen atoms in total. The highest BCUT2D eigenvalue weighted by Crippen LogP contribution is 2.22. The molecule has 0 amide bonds. The van der Waals surface area contributed by atoms with Gasteiger partial charge in [-0.2, -0.15) is 13.2 Å².